The number of carbonyl (C=O) groups is 1. The highest BCUT2D eigenvalue weighted by molar-refractivity contribution is 5.82. The summed E-state index contributed by atoms with van der Waals surface area (Å²) in [5.74, 6) is 4.94. The zero-order chi connectivity index (χ0) is 20.4. The third-order valence-electron chi connectivity index (χ3n) is 10.3. The second-order valence-corrected chi connectivity index (χ2v) is 11.6. The van der Waals surface area contributed by atoms with Gasteiger partial charge in [-0.15, -0.1) is 0 Å². The van der Waals surface area contributed by atoms with Crippen LogP contribution in [0.5, 0.6) is 0 Å². The Morgan fingerprint density at radius 1 is 1.10 bits per heavy atom. The molecule has 0 spiro atoms. The summed E-state index contributed by atoms with van der Waals surface area (Å²) in [7, 11) is 0. The number of nitrogen functional groups attached to an aromatic ring is 1. The van der Waals surface area contributed by atoms with E-state index in [2.05, 4.69) is 25.9 Å². The molecule has 5 rings (SSSR count). The van der Waals surface area contributed by atoms with Crippen LogP contribution >= 0.6 is 0 Å². The molecule has 0 radical (unpaired) electrons. The van der Waals surface area contributed by atoms with Crippen LogP contribution in [0.3, 0.4) is 0 Å². The van der Waals surface area contributed by atoms with Crippen LogP contribution in [0.1, 0.15) is 78.6 Å². The van der Waals surface area contributed by atoms with Crippen molar-refractivity contribution < 1.29 is 4.79 Å². The smallest absolute Gasteiger partial charge is 0.157 e. The Morgan fingerprint density at radius 3 is 2.62 bits per heavy atom. The van der Waals surface area contributed by atoms with Crippen molar-refractivity contribution in [1.29, 1.82) is 0 Å². The Morgan fingerprint density at radius 2 is 1.86 bits per heavy atom. The van der Waals surface area contributed by atoms with E-state index in [0.717, 1.165) is 36.0 Å². The fraction of sp³-hybridized carbons (Fsp3) is 0.840. The van der Waals surface area contributed by atoms with Gasteiger partial charge in [0.25, 0.3) is 0 Å². The van der Waals surface area contributed by atoms with Gasteiger partial charge in [-0.1, -0.05) is 27.2 Å². The van der Waals surface area contributed by atoms with Crippen molar-refractivity contribution in [2.75, 3.05) is 5.73 Å². The Bertz CT molecular complexity index is 787. The highest BCUT2D eigenvalue weighted by Crippen LogP contribution is 2.67. The molecule has 0 aliphatic heterocycles. The second kappa shape index (κ2) is 6.85. The average molecular weight is 398 g/mol. The molecule has 4 aliphatic carbocycles. The van der Waals surface area contributed by atoms with Crippen molar-refractivity contribution >= 4 is 11.5 Å². The van der Waals surface area contributed by atoms with E-state index in [9.17, 15) is 4.79 Å². The number of hydrogen-bond donors (Lipinski definition) is 1. The molecule has 4 nitrogen and oxygen atoms in total. The third kappa shape index (κ3) is 2.99. The van der Waals surface area contributed by atoms with E-state index in [1.165, 1.54) is 51.4 Å². The fourth-order valence-corrected chi connectivity index (χ4v) is 8.74. The van der Waals surface area contributed by atoms with Crippen LogP contribution in [0.4, 0.5) is 5.69 Å². The second-order valence-electron chi connectivity index (χ2n) is 11.6. The van der Waals surface area contributed by atoms with Gasteiger partial charge in [-0.05, 0) is 91.8 Å². The van der Waals surface area contributed by atoms with Crippen LogP contribution in [0.2, 0.25) is 0 Å². The third-order valence-corrected chi connectivity index (χ3v) is 10.3. The lowest BCUT2D eigenvalue weighted by Crippen LogP contribution is -2.53. The van der Waals surface area contributed by atoms with Crippen LogP contribution in [-0.2, 0) is 11.3 Å². The molecule has 0 aromatic carbocycles. The number of nitrogens with two attached hydrogens (primary N) is 1. The standard InChI is InChI=1S/C25H39N3O/c1-16-8-10-24(2)17(12-16)4-5-19-20-6-7-22(25(20,3)11-9-21(19)24)23(29)15-28-14-18(26)13-27-28/h13-14,16-17,19-22H,4-12,15,26H2,1-3H3. The monoisotopic (exact) mass is 397 g/mol. The first-order chi connectivity index (χ1) is 13.8. The summed E-state index contributed by atoms with van der Waals surface area (Å²) in [4.78, 5) is 13.3. The van der Waals surface area contributed by atoms with Crippen molar-refractivity contribution in [3.05, 3.63) is 12.4 Å². The van der Waals surface area contributed by atoms with Gasteiger partial charge in [0.15, 0.2) is 5.78 Å². The zero-order valence-electron chi connectivity index (χ0n) is 18.6. The Kier molecular flexibility index (Phi) is 4.64. The normalized spacial score (nSPS) is 46.6. The minimum atomic E-state index is 0.197. The summed E-state index contributed by atoms with van der Waals surface area (Å²) in [6, 6.07) is 0. The molecule has 4 saturated carbocycles. The number of carbonyl (C=O) groups excluding carboxylic acids is 1. The number of nitrogens with zero attached hydrogens (tertiary/aromatic N) is 2. The van der Waals surface area contributed by atoms with Crippen LogP contribution < -0.4 is 5.73 Å². The average Bonchev–Trinajstić information content (AvgIpc) is 3.24. The molecule has 8 atom stereocenters. The molecule has 1 aromatic heterocycles. The maximum absolute atomic E-state index is 13.3. The number of anilines is 1. The van der Waals surface area contributed by atoms with Crippen LogP contribution in [0.15, 0.2) is 12.4 Å². The molecule has 0 amide bonds. The van der Waals surface area contributed by atoms with E-state index >= 15 is 0 Å². The lowest BCUT2D eigenvalue weighted by Gasteiger charge is -2.61. The van der Waals surface area contributed by atoms with E-state index in [4.69, 9.17) is 5.73 Å². The van der Waals surface area contributed by atoms with Gasteiger partial charge < -0.3 is 5.73 Å². The van der Waals surface area contributed by atoms with Crippen molar-refractivity contribution in [3.63, 3.8) is 0 Å². The topological polar surface area (TPSA) is 60.9 Å². The van der Waals surface area contributed by atoms with E-state index in [-0.39, 0.29) is 11.3 Å². The lowest BCUT2D eigenvalue weighted by molar-refractivity contribution is -0.137. The minimum Gasteiger partial charge on any atom is -0.396 e. The summed E-state index contributed by atoms with van der Waals surface area (Å²) in [5.41, 5.74) is 7.19. The van der Waals surface area contributed by atoms with Gasteiger partial charge >= 0.3 is 0 Å². The van der Waals surface area contributed by atoms with E-state index in [1.807, 2.05) is 0 Å². The minimum absolute atomic E-state index is 0.197. The number of Topliss-reactive ketones (excluding diaryl/α,β-unsaturated/α-hetero) is 1. The number of fused-ring (bicyclic) bond motifs is 5. The molecular formula is C25H39N3O. The first-order valence-electron chi connectivity index (χ1n) is 12.1. The largest absolute Gasteiger partial charge is 0.396 e. The number of ketones is 1. The van der Waals surface area contributed by atoms with Gasteiger partial charge in [-0.25, -0.2) is 0 Å². The van der Waals surface area contributed by atoms with E-state index in [0.29, 0.717) is 23.4 Å². The van der Waals surface area contributed by atoms with Crippen molar-refractivity contribution in [2.24, 2.45) is 46.3 Å². The summed E-state index contributed by atoms with van der Waals surface area (Å²) in [6.07, 6.45) is 15.5. The van der Waals surface area contributed by atoms with Crippen LogP contribution in [0.25, 0.3) is 0 Å². The quantitative estimate of drug-likeness (QED) is 0.750. The lowest BCUT2D eigenvalue weighted by atomic mass is 9.44. The predicted octanol–water partition coefficient (Wildman–Crippen LogP) is 5.33. The molecular weight excluding hydrogens is 358 g/mol. The Balaban J connectivity index is 1.35. The Labute approximate surface area is 176 Å². The zero-order valence-corrected chi connectivity index (χ0v) is 18.6. The number of aromatic nitrogens is 2. The summed E-state index contributed by atoms with van der Waals surface area (Å²) in [5, 5.41) is 4.25. The van der Waals surface area contributed by atoms with Crippen LogP contribution in [-0.4, -0.2) is 15.6 Å². The maximum Gasteiger partial charge on any atom is 0.157 e. The van der Waals surface area contributed by atoms with Crippen molar-refractivity contribution in [1.82, 2.24) is 9.78 Å². The fourth-order valence-electron chi connectivity index (χ4n) is 8.74. The van der Waals surface area contributed by atoms with Gasteiger partial charge in [0, 0.05) is 12.1 Å². The van der Waals surface area contributed by atoms with Gasteiger partial charge in [0.2, 0.25) is 0 Å². The predicted molar refractivity (Wildman–Crippen MR) is 116 cm³/mol. The van der Waals surface area contributed by atoms with Gasteiger partial charge in [0.05, 0.1) is 18.4 Å². The molecule has 1 aromatic rings. The maximum atomic E-state index is 13.3. The molecule has 4 fully saturated rings. The highest BCUT2D eigenvalue weighted by Gasteiger charge is 2.60. The van der Waals surface area contributed by atoms with E-state index < -0.39 is 0 Å². The first-order valence-corrected chi connectivity index (χ1v) is 12.1. The number of rotatable bonds is 3. The van der Waals surface area contributed by atoms with Crippen molar-refractivity contribution in [3.8, 4) is 0 Å². The summed E-state index contributed by atoms with van der Waals surface area (Å²) >= 11 is 0. The van der Waals surface area contributed by atoms with Crippen molar-refractivity contribution in [2.45, 2.75) is 85.1 Å². The molecule has 2 N–H and O–H groups in total. The molecule has 8 unspecified atom stereocenters. The summed E-state index contributed by atoms with van der Waals surface area (Å²) < 4.78 is 1.73. The molecule has 0 saturated heterocycles. The van der Waals surface area contributed by atoms with Gasteiger partial charge in [-0.2, -0.15) is 5.10 Å². The first kappa shape index (κ1) is 19.6. The van der Waals surface area contributed by atoms with Crippen LogP contribution in [0, 0.1) is 46.3 Å². The van der Waals surface area contributed by atoms with Gasteiger partial charge in [-0.3, -0.25) is 9.48 Å². The molecule has 4 aliphatic rings. The molecule has 4 heteroatoms. The Hall–Kier alpha value is -1.32. The SMILES string of the molecule is CC1CCC2(C)C(CCC3C2CCC2(C)C(C(=O)Cn4cc(N)cn4)CCC32)C1. The number of hydrogen-bond acceptors (Lipinski definition) is 3. The van der Waals surface area contributed by atoms with E-state index in [1.54, 1.807) is 17.1 Å². The molecule has 29 heavy (non-hydrogen) atoms. The summed E-state index contributed by atoms with van der Waals surface area (Å²) in [6.45, 7) is 7.95. The molecule has 1 heterocycles. The van der Waals surface area contributed by atoms with Gasteiger partial charge in [0.1, 0.15) is 0 Å². The molecule has 160 valence electrons. The molecule has 0 bridgehead atoms. The highest BCUT2D eigenvalue weighted by atomic mass is 16.1.